The van der Waals surface area contributed by atoms with Gasteiger partial charge in [0, 0.05) is 30.1 Å². The lowest BCUT2D eigenvalue weighted by molar-refractivity contribution is 0.397. The number of methoxy groups -OCH3 is 2. The molecule has 3 aromatic rings. The number of para-hydroxylation sites is 1. The van der Waals surface area contributed by atoms with E-state index in [0.29, 0.717) is 23.6 Å². The third-order valence-electron chi connectivity index (χ3n) is 5.89. The number of nitrogens with zero attached hydrogens (tertiary/aromatic N) is 5. The third kappa shape index (κ3) is 4.23. The fourth-order valence-corrected chi connectivity index (χ4v) is 4.20. The number of rotatable bonds is 6. The van der Waals surface area contributed by atoms with Gasteiger partial charge in [-0.2, -0.15) is 10.2 Å². The number of benzene rings is 2. The molecule has 1 unspecified atom stereocenters. The van der Waals surface area contributed by atoms with Crippen molar-refractivity contribution in [3.63, 3.8) is 0 Å². The molecule has 8 heteroatoms. The zero-order valence-electron chi connectivity index (χ0n) is 19.8. The monoisotopic (exact) mass is 467 g/mol. The molecule has 2 aromatic carbocycles. The van der Waals surface area contributed by atoms with Gasteiger partial charge in [-0.3, -0.25) is 9.80 Å². The standard InChI is InChI=1S/C27H25N5O3/c1-19-16-23(32(28-19)20-10-6-4-7-11-20)26-27(33)25(35-3)18-31(29-26)22-13-12-21(17-24(22)34-2)30-14-8-5-9-15-30/h4-8,10-15,17-18,23H,16H2,1-3H3. The Bertz CT molecular complexity index is 1430. The Morgan fingerprint density at radius 1 is 1.03 bits per heavy atom. The van der Waals surface area contributed by atoms with E-state index < -0.39 is 0 Å². The summed E-state index contributed by atoms with van der Waals surface area (Å²) in [4.78, 5) is 15.3. The van der Waals surface area contributed by atoms with Crippen LogP contribution in [0.5, 0.6) is 11.5 Å². The van der Waals surface area contributed by atoms with Crippen molar-refractivity contribution in [1.29, 1.82) is 0 Å². The predicted octanol–water partition coefficient (Wildman–Crippen LogP) is 4.58. The van der Waals surface area contributed by atoms with Crippen LogP contribution in [0.1, 0.15) is 25.1 Å². The highest BCUT2D eigenvalue weighted by Gasteiger charge is 2.32. The number of hydrogen-bond donors (Lipinski definition) is 0. The van der Waals surface area contributed by atoms with Crippen molar-refractivity contribution < 1.29 is 9.47 Å². The number of hydrazone groups is 1. The van der Waals surface area contributed by atoms with Crippen LogP contribution in [-0.4, -0.2) is 29.7 Å². The van der Waals surface area contributed by atoms with Crippen LogP contribution in [0, 0.1) is 0 Å². The summed E-state index contributed by atoms with van der Waals surface area (Å²) in [6.07, 6.45) is 9.69. The van der Waals surface area contributed by atoms with Crippen LogP contribution in [0.15, 0.2) is 94.9 Å². The molecule has 0 aliphatic carbocycles. The molecule has 0 spiro atoms. The molecule has 3 heterocycles. The van der Waals surface area contributed by atoms with Crippen LogP contribution >= 0.6 is 0 Å². The van der Waals surface area contributed by atoms with Gasteiger partial charge in [0.25, 0.3) is 0 Å². The lowest BCUT2D eigenvalue weighted by Crippen LogP contribution is -2.28. The zero-order valence-corrected chi connectivity index (χ0v) is 19.8. The minimum absolute atomic E-state index is 0.200. The Morgan fingerprint density at radius 3 is 2.54 bits per heavy atom. The summed E-state index contributed by atoms with van der Waals surface area (Å²) >= 11 is 0. The normalized spacial score (nSPS) is 16.5. The van der Waals surface area contributed by atoms with Crippen molar-refractivity contribution in [3.05, 3.63) is 101 Å². The van der Waals surface area contributed by atoms with Crippen molar-refractivity contribution in [1.82, 2.24) is 9.78 Å². The van der Waals surface area contributed by atoms with Gasteiger partial charge < -0.3 is 14.4 Å². The van der Waals surface area contributed by atoms with Crippen molar-refractivity contribution in [2.45, 2.75) is 19.4 Å². The molecule has 0 saturated heterocycles. The van der Waals surface area contributed by atoms with Crippen LogP contribution in [0.4, 0.5) is 11.4 Å². The molecule has 8 nitrogen and oxygen atoms in total. The second kappa shape index (κ2) is 9.37. The molecule has 0 radical (unpaired) electrons. The summed E-state index contributed by atoms with van der Waals surface area (Å²) in [7, 11) is 3.09. The molecule has 176 valence electrons. The molecular weight excluding hydrogens is 442 g/mol. The SMILES string of the molecule is COc1cc(N2C=C=CC=C2)ccc1-n1cc(OC)c(=O)c(C2CC(C)=NN2c2ccccc2)n1. The summed E-state index contributed by atoms with van der Waals surface area (Å²) < 4.78 is 12.8. The van der Waals surface area contributed by atoms with Crippen LogP contribution in [-0.2, 0) is 0 Å². The van der Waals surface area contributed by atoms with E-state index in [1.54, 1.807) is 18.0 Å². The molecule has 2 aliphatic rings. The maximum absolute atomic E-state index is 13.3. The first-order valence-corrected chi connectivity index (χ1v) is 11.2. The van der Waals surface area contributed by atoms with Gasteiger partial charge in [0.1, 0.15) is 23.2 Å². The van der Waals surface area contributed by atoms with Gasteiger partial charge in [0.2, 0.25) is 5.43 Å². The Hall–Kier alpha value is -4.55. The average Bonchev–Trinajstić information content (AvgIpc) is 3.30. The van der Waals surface area contributed by atoms with Gasteiger partial charge in [-0.05, 0) is 43.3 Å². The highest BCUT2D eigenvalue weighted by Crippen LogP contribution is 2.34. The van der Waals surface area contributed by atoms with Gasteiger partial charge >= 0.3 is 0 Å². The van der Waals surface area contributed by atoms with E-state index in [1.807, 2.05) is 89.9 Å². The minimum atomic E-state index is -0.355. The molecule has 0 saturated carbocycles. The fourth-order valence-electron chi connectivity index (χ4n) is 4.20. The van der Waals surface area contributed by atoms with E-state index in [9.17, 15) is 4.79 Å². The van der Waals surface area contributed by atoms with Gasteiger partial charge in [0.15, 0.2) is 5.75 Å². The molecule has 1 atom stereocenters. The summed E-state index contributed by atoms with van der Waals surface area (Å²) in [5.74, 6) is 0.799. The number of ether oxygens (including phenoxy) is 2. The molecule has 35 heavy (non-hydrogen) atoms. The Kier molecular flexibility index (Phi) is 5.95. The van der Waals surface area contributed by atoms with E-state index in [-0.39, 0.29) is 17.2 Å². The van der Waals surface area contributed by atoms with Crippen LogP contribution < -0.4 is 24.8 Å². The zero-order chi connectivity index (χ0) is 24.4. The molecule has 2 aliphatic heterocycles. The first-order valence-electron chi connectivity index (χ1n) is 11.2. The molecule has 0 bridgehead atoms. The first-order chi connectivity index (χ1) is 17.1. The molecule has 0 N–H and O–H groups in total. The second-order valence-electron chi connectivity index (χ2n) is 8.16. The Morgan fingerprint density at radius 2 is 1.83 bits per heavy atom. The minimum Gasteiger partial charge on any atom is -0.494 e. The van der Waals surface area contributed by atoms with Crippen molar-refractivity contribution >= 4 is 17.1 Å². The third-order valence-corrected chi connectivity index (χ3v) is 5.89. The topological polar surface area (TPSA) is 72.2 Å². The summed E-state index contributed by atoms with van der Waals surface area (Å²) in [5.41, 5.74) is 6.56. The fraction of sp³-hybridized carbons (Fsp3) is 0.185. The average molecular weight is 468 g/mol. The lowest BCUT2D eigenvalue weighted by Gasteiger charge is -2.24. The summed E-state index contributed by atoms with van der Waals surface area (Å²) in [5, 5.41) is 11.3. The van der Waals surface area contributed by atoms with E-state index in [2.05, 4.69) is 10.8 Å². The van der Waals surface area contributed by atoms with Crippen molar-refractivity contribution in [2.75, 3.05) is 24.1 Å². The van der Waals surface area contributed by atoms with Crippen molar-refractivity contribution in [3.8, 4) is 17.2 Å². The maximum atomic E-state index is 13.3. The van der Waals surface area contributed by atoms with Crippen molar-refractivity contribution in [2.24, 2.45) is 5.10 Å². The van der Waals surface area contributed by atoms with Crippen LogP contribution in [0.2, 0.25) is 0 Å². The number of hydrogen-bond acceptors (Lipinski definition) is 7. The Labute approximate surface area is 203 Å². The van der Waals surface area contributed by atoms with Gasteiger partial charge in [-0.25, -0.2) is 4.68 Å². The van der Waals surface area contributed by atoms with E-state index in [0.717, 1.165) is 17.1 Å². The summed E-state index contributed by atoms with van der Waals surface area (Å²) in [6, 6.07) is 15.2. The largest absolute Gasteiger partial charge is 0.494 e. The number of aromatic nitrogens is 2. The van der Waals surface area contributed by atoms with Gasteiger partial charge in [-0.15, -0.1) is 5.73 Å². The molecule has 0 fully saturated rings. The predicted molar refractivity (Wildman–Crippen MR) is 137 cm³/mol. The highest BCUT2D eigenvalue weighted by molar-refractivity contribution is 5.86. The lowest BCUT2D eigenvalue weighted by atomic mass is 10.1. The van der Waals surface area contributed by atoms with Crippen LogP contribution in [0.25, 0.3) is 5.69 Å². The number of allylic oxidation sites excluding steroid dienone is 2. The van der Waals surface area contributed by atoms with Gasteiger partial charge in [-0.1, -0.05) is 18.2 Å². The molecule has 0 amide bonds. The smallest absolute Gasteiger partial charge is 0.247 e. The van der Waals surface area contributed by atoms with E-state index in [4.69, 9.17) is 14.6 Å². The summed E-state index contributed by atoms with van der Waals surface area (Å²) in [6.45, 7) is 1.95. The Balaban J connectivity index is 1.60. The quantitative estimate of drug-likeness (QED) is 0.494. The molecule has 1 aromatic heterocycles. The van der Waals surface area contributed by atoms with Gasteiger partial charge in [0.05, 0.1) is 32.3 Å². The number of anilines is 2. The van der Waals surface area contributed by atoms with Crippen LogP contribution in [0.3, 0.4) is 0 Å². The maximum Gasteiger partial charge on any atom is 0.247 e. The molecule has 5 rings (SSSR count). The second-order valence-corrected chi connectivity index (χ2v) is 8.16. The molecular formula is C27H25N5O3. The van der Waals surface area contributed by atoms with E-state index in [1.165, 1.54) is 7.11 Å². The highest BCUT2D eigenvalue weighted by atomic mass is 16.5. The van der Waals surface area contributed by atoms with E-state index >= 15 is 0 Å². The first kappa shape index (κ1) is 22.3.